The lowest BCUT2D eigenvalue weighted by molar-refractivity contribution is 0.387. The molecule has 0 radical (unpaired) electrons. The molecule has 0 fully saturated rings. The molecule has 1 aromatic heterocycles. The van der Waals surface area contributed by atoms with Crippen LogP contribution in [0.2, 0.25) is 0 Å². The van der Waals surface area contributed by atoms with Gasteiger partial charge in [-0.3, -0.25) is 4.99 Å². The lowest BCUT2D eigenvalue weighted by atomic mass is 10.1. The van der Waals surface area contributed by atoms with E-state index in [1.165, 1.54) is 6.07 Å². The number of benzene rings is 1. The highest BCUT2D eigenvalue weighted by Crippen LogP contribution is 2.08. The standard InChI is InChI=1S/C14H18FN5O/c1-9-6-11(4-5-12(9)15)7-17-14(16-3)18-8-13-19-10(2)21-20-13/h4-6H,7-8H2,1-3H3,(H2,16,17,18). The summed E-state index contributed by atoms with van der Waals surface area (Å²) < 4.78 is 18.1. The second-order valence-corrected chi connectivity index (χ2v) is 4.59. The van der Waals surface area contributed by atoms with E-state index in [1.807, 2.05) is 0 Å². The zero-order valence-electron chi connectivity index (χ0n) is 12.3. The van der Waals surface area contributed by atoms with Gasteiger partial charge in [0, 0.05) is 20.5 Å². The van der Waals surface area contributed by atoms with Crippen LogP contribution in [-0.2, 0) is 13.1 Å². The third-order valence-corrected chi connectivity index (χ3v) is 2.89. The first-order valence-corrected chi connectivity index (χ1v) is 6.57. The molecular formula is C14H18FN5O. The van der Waals surface area contributed by atoms with Crippen LogP contribution in [-0.4, -0.2) is 23.1 Å². The van der Waals surface area contributed by atoms with E-state index in [2.05, 4.69) is 25.8 Å². The Bertz CT molecular complexity index is 638. The summed E-state index contributed by atoms with van der Waals surface area (Å²) in [4.78, 5) is 8.19. The summed E-state index contributed by atoms with van der Waals surface area (Å²) in [6, 6.07) is 5.01. The minimum Gasteiger partial charge on any atom is -0.352 e. The van der Waals surface area contributed by atoms with Gasteiger partial charge in [0.1, 0.15) is 5.82 Å². The third kappa shape index (κ3) is 4.27. The Morgan fingerprint density at radius 1 is 1.29 bits per heavy atom. The van der Waals surface area contributed by atoms with Gasteiger partial charge in [-0.25, -0.2) is 4.39 Å². The van der Waals surface area contributed by atoms with Gasteiger partial charge in [0.2, 0.25) is 5.89 Å². The fraction of sp³-hybridized carbons (Fsp3) is 0.357. The number of hydrogen-bond acceptors (Lipinski definition) is 4. The summed E-state index contributed by atoms with van der Waals surface area (Å²) >= 11 is 0. The largest absolute Gasteiger partial charge is 0.352 e. The van der Waals surface area contributed by atoms with Crippen molar-refractivity contribution in [3.63, 3.8) is 0 Å². The van der Waals surface area contributed by atoms with Crippen molar-refractivity contribution in [1.29, 1.82) is 0 Å². The fourth-order valence-corrected chi connectivity index (χ4v) is 1.80. The molecule has 2 rings (SSSR count). The van der Waals surface area contributed by atoms with Crippen LogP contribution in [0.25, 0.3) is 0 Å². The smallest absolute Gasteiger partial charge is 0.223 e. The summed E-state index contributed by atoms with van der Waals surface area (Å²) in [5.74, 6) is 1.50. The average molecular weight is 291 g/mol. The molecule has 0 aliphatic rings. The van der Waals surface area contributed by atoms with Crippen molar-refractivity contribution < 1.29 is 8.91 Å². The molecule has 2 aromatic rings. The van der Waals surface area contributed by atoms with Gasteiger partial charge < -0.3 is 15.2 Å². The summed E-state index contributed by atoms with van der Waals surface area (Å²) in [6.07, 6.45) is 0. The highest BCUT2D eigenvalue weighted by atomic mass is 19.1. The average Bonchev–Trinajstić information content (AvgIpc) is 2.88. The predicted molar refractivity (Wildman–Crippen MR) is 77.2 cm³/mol. The maximum absolute atomic E-state index is 13.2. The number of nitrogens with one attached hydrogen (secondary N) is 2. The zero-order chi connectivity index (χ0) is 15.2. The molecule has 7 heteroatoms. The molecule has 0 aliphatic carbocycles. The van der Waals surface area contributed by atoms with Crippen LogP contribution in [0, 0.1) is 19.7 Å². The number of aromatic nitrogens is 2. The van der Waals surface area contributed by atoms with Crippen LogP contribution in [0.3, 0.4) is 0 Å². The Labute approximate surface area is 122 Å². The quantitative estimate of drug-likeness (QED) is 0.662. The van der Waals surface area contributed by atoms with Gasteiger partial charge in [0.25, 0.3) is 0 Å². The second kappa shape index (κ2) is 6.83. The van der Waals surface area contributed by atoms with Crippen molar-refractivity contribution in [2.24, 2.45) is 4.99 Å². The van der Waals surface area contributed by atoms with Gasteiger partial charge in [-0.15, -0.1) is 0 Å². The molecule has 0 bridgehead atoms. The summed E-state index contributed by atoms with van der Waals surface area (Å²) in [6.45, 7) is 4.44. The van der Waals surface area contributed by atoms with Gasteiger partial charge in [-0.2, -0.15) is 4.98 Å². The van der Waals surface area contributed by atoms with Crippen molar-refractivity contribution >= 4 is 5.96 Å². The van der Waals surface area contributed by atoms with Crippen LogP contribution in [0.4, 0.5) is 4.39 Å². The summed E-state index contributed by atoms with van der Waals surface area (Å²) in [5, 5.41) is 10.0. The van der Waals surface area contributed by atoms with Crippen molar-refractivity contribution in [2.75, 3.05) is 7.05 Å². The second-order valence-electron chi connectivity index (χ2n) is 4.59. The highest BCUT2D eigenvalue weighted by molar-refractivity contribution is 5.79. The van der Waals surface area contributed by atoms with E-state index in [4.69, 9.17) is 4.52 Å². The van der Waals surface area contributed by atoms with Gasteiger partial charge in [0.15, 0.2) is 11.8 Å². The molecule has 0 unspecified atom stereocenters. The molecule has 0 spiro atoms. The van der Waals surface area contributed by atoms with E-state index in [0.717, 1.165) is 5.56 Å². The van der Waals surface area contributed by atoms with Crippen molar-refractivity contribution in [3.05, 3.63) is 46.9 Å². The lowest BCUT2D eigenvalue weighted by Gasteiger charge is -2.11. The number of aliphatic imine (C=N–C) groups is 1. The molecule has 0 saturated heterocycles. The monoisotopic (exact) mass is 291 g/mol. The third-order valence-electron chi connectivity index (χ3n) is 2.89. The SMILES string of the molecule is CN=C(NCc1ccc(F)c(C)c1)NCc1noc(C)n1. The molecule has 21 heavy (non-hydrogen) atoms. The maximum Gasteiger partial charge on any atom is 0.223 e. The number of rotatable bonds is 4. The van der Waals surface area contributed by atoms with Crippen LogP contribution in [0.15, 0.2) is 27.7 Å². The molecule has 1 aromatic carbocycles. The normalized spacial score (nSPS) is 11.5. The van der Waals surface area contributed by atoms with Gasteiger partial charge >= 0.3 is 0 Å². The number of halogens is 1. The number of hydrogen-bond donors (Lipinski definition) is 2. The van der Waals surface area contributed by atoms with E-state index in [-0.39, 0.29) is 5.82 Å². The number of guanidine groups is 1. The Balaban J connectivity index is 1.86. The zero-order valence-corrected chi connectivity index (χ0v) is 12.3. The van der Waals surface area contributed by atoms with Gasteiger partial charge in [-0.1, -0.05) is 17.3 Å². The first-order chi connectivity index (χ1) is 10.1. The van der Waals surface area contributed by atoms with Crippen LogP contribution >= 0.6 is 0 Å². The van der Waals surface area contributed by atoms with Crippen molar-refractivity contribution in [3.8, 4) is 0 Å². The minimum absolute atomic E-state index is 0.200. The molecule has 112 valence electrons. The fourth-order valence-electron chi connectivity index (χ4n) is 1.80. The van der Waals surface area contributed by atoms with Crippen molar-refractivity contribution in [1.82, 2.24) is 20.8 Å². The Kier molecular flexibility index (Phi) is 4.86. The number of nitrogens with zero attached hydrogens (tertiary/aromatic N) is 3. The van der Waals surface area contributed by atoms with Crippen LogP contribution in [0.1, 0.15) is 22.8 Å². The molecule has 6 nitrogen and oxygen atoms in total. The molecular weight excluding hydrogens is 273 g/mol. The Hall–Kier alpha value is -2.44. The highest BCUT2D eigenvalue weighted by Gasteiger charge is 2.04. The van der Waals surface area contributed by atoms with E-state index < -0.39 is 0 Å². The first-order valence-electron chi connectivity index (χ1n) is 6.57. The lowest BCUT2D eigenvalue weighted by Crippen LogP contribution is -2.36. The van der Waals surface area contributed by atoms with E-state index in [0.29, 0.717) is 36.3 Å². The van der Waals surface area contributed by atoms with Gasteiger partial charge in [-0.05, 0) is 24.1 Å². The maximum atomic E-state index is 13.2. The number of aryl methyl sites for hydroxylation is 2. The molecule has 0 atom stereocenters. The van der Waals surface area contributed by atoms with E-state index in [9.17, 15) is 4.39 Å². The van der Waals surface area contributed by atoms with Crippen molar-refractivity contribution in [2.45, 2.75) is 26.9 Å². The summed E-state index contributed by atoms with van der Waals surface area (Å²) in [7, 11) is 1.67. The Morgan fingerprint density at radius 3 is 2.67 bits per heavy atom. The van der Waals surface area contributed by atoms with E-state index >= 15 is 0 Å². The topological polar surface area (TPSA) is 75.3 Å². The van der Waals surface area contributed by atoms with E-state index in [1.54, 1.807) is 33.0 Å². The molecule has 1 heterocycles. The molecule has 0 aliphatic heterocycles. The minimum atomic E-state index is -0.200. The van der Waals surface area contributed by atoms with Crippen LogP contribution in [0.5, 0.6) is 0 Å². The summed E-state index contributed by atoms with van der Waals surface area (Å²) in [5.41, 5.74) is 1.60. The van der Waals surface area contributed by atoms with Gasteiger partial charge in [0.05, 0.1) is 6.54 Å². The first kappa shape index (κ1) is 15.0. The molecule has 2 N–H and O–H groups in total. The molecule has 0 amide bonds. The molecule has 0 saturated carbocycles. The predicted octanol–water partition coefficient (Wildman–Crippen LogP) is 1.69. The van der Waals surface area contributed by atoms with Crippen LogP contribution < -0.4 is 10.6 Å². The Morgan fingerprint density at radius 2 is 2.05 bits per heavy atom.